The molecule has 0 saturated heterocycles. The van der Waals surface area contributed by atoms with Gasteiger partial charge in [-0.15, -0.1) is 0 Å². The second-order valence-corrected chi connectivity index (χ2v) is 3.59. The molecule has 0 radical (unpaired) electrons. The van der Waals surface area contributed by atoms with Gasteiger partial charge in [0.1, 0.15) is 0 Å². The van der Waals surface area contributed by atoms with Crippen molar-refractivity contribution < 1.29 is 4.74 Å². The van der Waals surface area contributed by atoms with Crippen molar-refractivity contribution in [3.63, 3.8) is 0 Å². The van der Waals surface area contributed by atoms with Crippen LogP contribution in [0, 0.1) is 0 Å². The standard InChI is InChI=1S/C8H8OSe/c10-8-5-6-3-1-2-4-7(6)9-8/h1-4,8,10H,5H2. The van der Waals surface area contributed by atoms with Crippen LogP contribution in [0.5, 0.6) is 5.75 Å². The molecule has 0 bridgehead atoms. The molecule has 1 atom stereocenters. The predicted molar refractivity (Wildman–Crippen MR) is 41.7 cm³/mol. The molecule has 0 N–H and O–H groups in total. The van der Waals surface area contributed by atoms with Crippen LogP contribution in [0.25, 0.3) is 0 Å². The van der Waals surface area contributed by atoms with E-state index in [1.165, 1.54) is 5.56 Å². The van der Waals surface area contributed by atoms with E-state index in [-0.39, 0.29) is 0 Å². The summed E-state index contributed by atoms with van der Waals surface area (Å²) in [6.07, 6.45) is 1.04. The fourth-order valence-electron chi connectivity index (χ4n) is 1.16. The van der Waals surface area contributed by atoms with E-state index in [1.54, 1.807) is 0 Å². The van der Waals surface area contributed by atoms with Gasteiger partial charge in [0, 0.05) is 0 Å². The van der Waals surface area contributed by atoms with Crippen LogP contribution in [0.1, 0.15) is 5.56 Å². The van der Waals surface area contributed by atoms with Crippen LogP contribution in [-0.4, -0.2) is 21.0 Å². The fourth-order valence-corrected chi connectivity index (χ4v) is 1.81. The molecule has 1 heterocycles. The van der Waals surface area contributed by atoms with Crippen molar-refractivity contribution in [1.82, 2.24) is 0 Å². The van der Waals surface area contributed by atoms with Crippen LogP contribution in [0.4, 0.5) is 0 Å². The summed E-state index contributed by atoms with van der Waals surface area (Å²) < 4.78 is 5.48. The Bertz CT molecular complexity index is 222. The number of para-hydroxylation sites is 1. The summed E-state index contributed by atoms with van der Waals surface area (Å²) in [5.74, 6) is 1.05. The Hall–Kier alpha value is -0.461. The van der Waals surface area contributed by atoms with Gasteiger partial charge < -0.3 is 0 Å². The number of hydrogen-bond donors (Lipinski definition) is 0. The van der Waals surface area contributed by atoms with Crippen molar-refractivity contribution in [3.05, 3.63) is 29.8 Å². The zero-order valence-corrected chi connectivity index (χ0v) is 7.33. The molecule has 1 unspecified atom stereocenters. The van der Waals surface area contributed by atoms with Crippen molar-refractivity contribution in [2.45, 2.75) is 11.4 Å². The normalized spacial score (nSPS) is 21.9. The summed E-state index contributed by atoms with van der Waals surface area (Å²) in [5, 5.41) is 0.310. The van der Waals surface area contributed by atoms with E-state index in [4.69, 9.17) is 4.74 Å². The van der Waals surface area contributed by atoms with Gasteiger partial charge >= 0.3 is 67.8 Å². The fraction of sp³-hybridized carbons (Fsp3) is 0.250. The Morgan fingerprint density at radius 3 is 3.00 bits per heavy atom. The number of ether oxygens (including phenoxy) is 1. The van der Waals surface area contributed by atoms with Crippen molar-refractivity contribution in [3.8, 4) is 5.75 Å². The zero-order chi connectivity index (χ0) is 6.97. The van der Waals surface area contributed by atoms with E-state index < -0.39 is 0 Å². The van der Waals surface area contributed by atoms with Crippen molar-refractivity contribution in [2.24, 2.45) is 0 Å². The molecule has 2 rings (SSSR count). The van der Waals surface area contributed by atoms with E-state index in [0.29, 0.717) is 5.00 Å². The molecule has 0 aliphatic carbocycles. The van der Waals surface area contributed by atoms with E-state index in [0.717, 1.165) is 12.2 Å². The molecule has 0 aromatic heterocycles. The topological polar surface area (TPSA) is 9.23 Å². The Balaban J connectivity index is 2.42. The van der Waals surface area contributed by atoms with Crippen molar-refractivity contribution >= 4 is 16.0 Å². The van der Waals surface area contributed by atoms with Crippen LogP contribution >= 0.6 is 0 Å². The van der Waals surface area contributed by atoms with Crippen LogP contribution in [0.15, 0.2) is 24.3 Å². The van der Waals surface area contributed by atoms with Crippen LogP contribution in [0.2, 0.25) is 0 Å². The minimum absolute atomic E-state index is 0.310. The molecule has 1 aromatic carbocycles. The third kappa shape index (κ3) is 0.938. The molecule has 52 valence electrons. The SMILES string of the molecule is [SeH]C1Cc2ccccc2O1. The van der Waals surface area contributed by atoms with Crippen LogP contribution in [0.3, 0.4) is 0 Å². The van der Waals surface area contributed by atoms with E-state index in [2.05, 4.69) is 22.1 Å². The first-order chi connectivity index (χ1) is 4.86. The Kier molecular flexibility index (Phi) is 1.44. The maximum atomic E-state index is 5.48. The summed E-state index contributed by atoms with van der Waals surface area (Å²) in [7, 11) is 0. The van der Waals surface area contributed by atoms with Gasteiger partial charge in [-0.05, 0) is 0 Å². The summed E-state index contributed by atoms with van der Waals surface area (Å²) in [6.45, 7) is 0. The van der Waals surface area contributed by atoms with E-state index in [1.807, 2.05) is 18.2 Å². The molecular weight excluding hydrogens is 191 g/mol. The molecule has 0 spiro atoms. The van der Waals surface area contributed by atoms with Gasteiger partial charge in [-0.25, -0.2) is 0 Å². The number of fused-ring (bicyclic) bond motifs is 1. The quantitative estimate of drug-likeness (QED) is 0.563. The minimum atomic E-state index is 0.310. The van der Waals surface area contributed by atoms with Gasteiger partial charge in [-0.3, -0.25) is 0 Å². The molecule has 1 nitrogen and oxygen atoms in total. The van der Waals surface area contributed by atoms with Crippen LogP contribution < -0.4 is 4.74 Å². The summed E-state index contributed by atoms with van der Waals surface area (Å²) in [4.78, 5) is 0. The molecule has 1 aromatic rings. The predicted octanol–water partition coefficient (Wildman–Crippen LogP) is 0.848. The number of rotatable bonds is 0. The molecule has 1 aliphatic heterocycles. The second-order valence-electron chi connectivity index (χ2n) is 2.38. The first kappa shape index (κ1) is 6.26. The second kappa shape index (κ2) is 2.30. The molecular formula is C8H8OSe. The number of benzene rings is 1. The van der Waals surface area contributed by atoms with Gasteiger partial charge in [0.2, 0.25) is 0 Å². The Labute approximate surface area is 68.2 Å². The van der Waals surface area contributed by atoms with Gasteiger partial charge in [0.15, 0.2) is 0 Å². The van der Waals surface area contributed by atoms with Crippen molar-refractivity contribution in [1.29, 1.82) is 0 Å². The third-order valence-electron chi connectivity index (χ3n) is 1.63. The first-order valence-corrected chi connectivity index (χ1v) is 4.37. The zero-order valence-electron chi connectivity index (χ0n) is 5.45. The first-order valence-electron chi connectivity index (χ1n) is 3.29. The average Bonchev–Trinajstić information content (AvgIpc) is 2.27. The Morgan fingerprint density at radius 2 is 2.20 bits per heavy atom. The summed E-state index contributed by atoms with van der Waals surface area (Å²) in [5.41, 5.74) is 1.33. The van der Waals surface area contributed by atoms with Crippen LogP contribution in [-0.2, 0) is 6.42 Å². The van der Waals surface area contributed by atoms with Gasteiger partial charge in [-0.1, -0.05) is 0 Å². The number of hydrogen-bond acceptors (Lipinski definition) is 1. The summed E-state index contributed by atoms with van der Waals surface area (Å²) in [6, 6.07) is 8.18. The molecule has 2 heteroatoms. The average molecular weight is 199 g/mol. The van der Waals surface area contributed by atoms with Gasteiger partial charge in [-0.2, -0.15) is 0 Å². The monoisotopic (exact) mass is 200 g/mol. The maximum absolute atomic E-state index is 5.48. The molecule has 10 heavy (non-hydrogen) atoms. The molecule has 0 amide bonds. The van der Waals surface area contributed by atoms with Crippen molar-refractivity contribution in [2.75, 3.05) is 0 Å². The molecule has 0 saturated carbocycles. The summed E-state index contributed by atoms with van der Waals surface area (Å²) >= 11 is 2.53. The van der Waals surface area contributed by atoms with Gasteiger partial charge in [0.25, 0.3) is 0 Å². The Morgan fingerprint density at radius 1 is 1.40 bits per heavy atom. The molecule has 0 fully saturated rings. The third-order valence-corrected chi connectivity index (χ3v) is 2.23. The van der Waals surface area contributed by atoms with Gasteiger partial charge in [0.05, 0.1) is 0 Å². The molecule has 1 aliphatic rings. The van der Waals surface area contributed by atoms with E-state index in [9.17, 15) is 0 Å². The van der Waals surface area contributed by atoms with E-state index >= 15 is 0 Å².